The number of nitrogens with two attached hydrogens (primary N) is 1. The summed E-state index contributed by atoms with van der Waals surface area (Å²) in [5.41, 5.74) is 5.59. The summed E-state index contributed by atoms with van der Waals surface area (Å²) in [6, 6.07) is 2.76. The fourth-order valence-corrected chi connectivity index (χ4v) is 4.71. The molecule has 1 saturated carbocycles. The highest BCUT2D eigenvalue weighted by atomic mass is 79.9. The van der Waals surface area contributed by atoms with Gasteiger partial charge in [0.1, 0.15) is 10.7 Å². The summed E-state index contributed by atoms with van der Waals surface area (Å²) in [6.45, 7) is 2.34. The third-order valence-electron chi connectivity index (χ3n) is 4.09. The van der Waals surface area contributed by atoms with Gasteiger partial charge in [-0.2, -0.15) is 0 Å². The van der Waals surface area contributed by atoms with Crippen molar-refractivity contribution in [1.82, 2.24) is 4.72 Å². The molecule has 0 radical (unpaired) electrons. The number of benzene rings is 1. The number of hydrogen-bond acceptors (Lipinski definition) is 3. The summed E-state index contributed by atoms with van der Waals surface area (Å²) in [5, 5.41) is 0. The third-order valence-corrected chi connectivity index (χ3v) is 5.95. The van der Waals surface area contributed by atoms with Crippen molar-refractivity contribution >= 4 is 26.0 Å². The van der Waals surface area contributed by atoms with Crippen molar-refractivity contribution in [3.05, 3.63) is 28.0 Å². The standard InChI is InChI=1S/C14H20BrFN2O2S/c1-14(4-2-3-5-14)9-18-21(19,20)12-7-11(15)6-10(8-17)13(12)16/h6-7,18H,2-5,8-9,17H2,1H3. The van der Waals surface area contributed by atoms with Crippen molar-refractivity contribution in [2.45, 2.75) is 44.0 Å². The number of halogens is 2. The van der Waals surface area contributed by atoms with Crippen molar-refractivity contribution in [2.75, 3.05) is 6.54 Å². The molecule has 1 aliphatic rings. The first-order valence-electron chi connectivity index (χ1n) is 6.95. The van der Waals surface area contributed by atoms with Crippen LogP contribution < -0.4 is 10.5 Å². The van der Waals surface area contributed by atoms with Gasteiger partial charge < -0.3 is 5.73 Å². The summed E-state index contributed by atoms with van der Waals surface area (Å²) in [5.74, 6) is -0.773. The molecule has 0 saturated heterocycles. The molecule has 0 spiro atoms. The Bertz CT molecular complexity index is 628. The average molecular weight is 379 g/mol. The summed E-state index contributed by atoms with van der Waals surface area (Å²) < 4.78 is 42.0. The summed E-state index contributed by atoms with van der Waals surface area (Å²) >= 11 is 3.19. The molecule has 21 heavy (non-hydrogen) atoms. The highest BCUT2D eigenvalue weighted by Crippen LogP contribution is 2.37. The Morgan fingerprint density at radius 3 is 2.57 bits per heavy atom. The highest BCUT2D eigenvalue weighted by molar-refractivity contribution is 9.10. The minimum absolute atomic E-state index is 0.0355. The van der Waals surface area contributed by atoms with Crippen LogP contribution in [-0.2, 0) is 16.6 Å². The summed E-state index contributed by atoms with van der Waals surface area (Å²) in [6.07, 6.45) is 4.21. The van der Waals surface area contributed by atoms with Gasteiger partial charge in [0.15, 0.2) is 0 Å². The van der Waals surface area contributed by atoms with Crippen LogP contribution in [0.3, 0.4) is 0 Å². The zero-order valence-corrected chi connectivity index (χ0v) is 14.4. The maximum atomic E-state index is 14.2. The van der Waals surface area contributed by atoms with Crippen molar-refractivity contribution in [2.24, 2.45) is 11.1 Å². The van der Waals surface area contributed by atoms with Crippen LogP contribution in [0.5, 0.6) is 0 Å². The van der Waals surface area contributed by atoms with Crippen molar-refractivity contribution in [1.29, 1.82) is 0 Å². The van der Waals surface area contributed by atoms with E-state index >= 15 is 0 Å². The molecule has 0 amide bonds. The van der Waals surface area contributed by atoms with Crippen LogP contribution in [0.4, 0.5) is 4.39 Å². The summed E-state index contributed by atoms with van der Waals surface area (Å²) in [4.78, 5) is -0.348. The van der Waals surface area contributed by atoms with Crippen molar-refractivity contribution in [3.8, 4) is 0 Å². The third kappa shape index (κ3) is 3.83. The average Bonchev–Trinajstić information content (AvgIpc) is 2.86. The molecule has 3 N–H and O–H groups in total. The first-order valence-corrected chi connectivity index (χ1v) is 9.23. The van der Waals surface area contributed by atoms with Gasteiger partial charge in [-0.25, -0.2) is 17.5 Å². The van der Waals surface area contributed by atoms with Gasteiger partial charge in [0.2, 0.25) is 10.0 Å². The smallest absolute Gasteiger partial charge is 0.243 e. The lowest BCUT2D eigenvalue weighted by Gasteiger charge is -2.23. The molecule has 4 nitrogen and oxygen atoms in total. The second-order valence-corrected chi connectivity index (χ2v) is 8.57. The quantitative estimate of drug-likeness (QED) is 0.827. The minimum atomic E-state index is -3.88. The van der Waals surface area contributed by atoms with Gasteiger partial charge in [-0.05, 0) is 30.4 Å². The first kappa shape index (κ1) is 16.9. The first-order chi connectivity index (χ1) is 9.77. The lowest BCUT2D eigenvalue weighted by atomic mass is 9.89. The monoisotopic (exact) mass is 378 g/mol. The lowest BCUT2D eigenvalue weighted by Crippen LogP contribution is -2.34. The van der Waals surface area contributed by atoms with E-state index in [1.165, 1.54) is 12.1 Å². The second-order valence-electron chi connectivity index (χ2n) is 5.92. The molecule has 0 unspecified atom stereocenters. The Balaban J connectivity index is 2.25. The lowest BCUT2D eigenvalue weighted by molar-refractivity contribution is 0.336. The van der Waals surface area contributed by atoms with E-state index in [0.717, 1.165) is 25.7 Å². The van der Waals surface area contributed by atoms with Gasteiger partial charge in [0.05, 0.1) is 0 Å². The Hall–Kier alpha value is -0.500. The van der Waals surface area contributed by atoms with Crippen LogP contribution >= 0.6 is 15.9 Å². The molecule has 118 valence electrons. The van der Waals surface area contributed by atoms with E-state index in [0.29, 0.717) is 11.0 Å². The van der Waals surface area contributed by atoms with Crippen molar-refractivity contribution in [3.63, 3.8) is 0 Å². The van der Waals surface area contributed by atoms with Gasteiger partial charge in [-0.15, -0.1) is 0 Å². The van der Waals surface area contributed by atoms with Gasteiger partial charge >= 0.3 is 0 Å². The normalized spacial score (nSPS) is 18.1. The number of hydrogen-bond donors (Lipinski definition) is 2. The van der Waals surface area contributed by atoms with E-state index < -0.39 is 15.8 Å². The topological polar surface area (TPSA) is 72.2 Å². The maximum Gasteiger partial charge on any atom is 0.243 e. The molecule has 0 heterocycles. The fraction of sp³-hybridized carbons (Fsp3) is 0.571. The molecule has 1 aliphatic carbocycles. The van der Waals surface area contributed by atoms with Crippen LogP contribution in [0.1, 0.15) is 38.2 Å². The SMILES string of the molecule is CC1(CNS(=O)(=O)c2cc(Br)cc(CN)c2F)CCCC1. The van der Waals surface area contributed by atoms with E-state index in [-0.39, 0.29) is 22.4 Å². The van der Waals surface area contributed by atoms with Crippen LogP contribution in [0, 0.1) is 11.2 Å². The molecule has 1 aromatic rings. The molecular formula is C14H20BrFN2O2S. The van der Waals surface area contributed by atoms with Crippen LogP contribution in [0.25, 0.3) is 0 Å². The Labute approximate surface area is 133 Å². The van der Waals surface area contributed by atoms with E-state index in [1.807, 2.05) is 0 Å². The predicted molar refractivity (Wildman–Crippen MR) is 83.8 cm³/mol. The predicted octanol–water partition coefficient (Wildman–Crippen LogP) is 2.91. The molecule has 1 aromatic carbocycles. The molecule has 0 bridgehead atoms. The van der Waals surface area contributed by atoms with E-state index in [4.69, 9.17) is 5.73 Å². The van der Waals surface area contributed by atoms with Gasteiger partial charge in [-0.1, -0.05) is 35.7 Å². The Morgan fingerprint density at radius 2 is 2.00 bits per heavy atom. The molecular weight excluding hydrogens is 359 g/mol. The Morgan fingerprint density at radius 1 is 1.38 bits per heavy atom. The molecule has 2 rings (SSSR count). The molecule has 1 fully saturated rings. The maximum absolute atomic E-state index is 14.2. The van der Waals surface area contributed by atoms with Gasteiger partial charge in [0, 0.05) is 23.1 Å². The summed E-state index contributed by atoms with van der Waals surface area (Å²) in [7, 11) is -3.88. The zero-order valence-electron chi connectivity index (χ0n) is 12.0. The number of sulfonamides is 1. The van der Waals surface area contributed by atoms with E-state index in [2.05, 4.69) is 27.6 Å². The van der Waals surface area contributed by atoms with E-state index in [9.17, 15) is 12.8 Å². The number of nitrogens with one attached hydrogen (secondary N) is 1. The Kier molecular flexibility index (Phi) is 5.07. The van der Waals surface area contributed by atoms with Crippen LogP contribution in [0.2, 0.25) is 0 Å². The fourth-order valence-electron chi connectivity index (χ4n) is 2.71. The zero-order chi connectivity index (χ0) is 15.7. The number of rotatable bonds is 5. The van der Waals surface area contributed by atoms with Crippen LogP contribution in [0.15, 0.2) is 21.5 Å². The molecule has 0 aliphatic heterocycles. The van der Waals surface area contributed by atoms with E-state index in [1.54, 1.807) is 0 Å². The minimum Gasteiger partial charge on any atom is -0.326 e. The molecule has 0 atom stereocenters. The van der Waals surface area contributed by atoms with Gasteiger partial charge in [-0.3, -0.25) is 0 Å². The van der Waals surface area contributed by atoms with Crippen molar-refractivity contribution < 1.29 is 12.8 Å². The van der Waals surface area contributed by atoms with Crippen LogP contribution in [-0.4, -0.2) is 15.0 Å². The highest BCUT2D eigenvalue weighted by Gasteiger charge is 2.31. The van der Waals surface area contributed by atoms with Gasteiger partial charge in [0.25, 0.3) is 0 Å². The largest absolute Gasteiger partial charge is 0.326 e. The molecule has 0 aromatic heterocycles. The second kappa shape index (κ2) is 6.32. The molecule has 7 heteroatoms.